The lowest BCUT2D eigenvalue weighted by Gasteiger charge is -2.39. The highest BCUT2D eigenvalue weighted by molar-refractivity contribution is 6.07. The molecule has 2 atom stereocenters. The van der Waals surface area contributed by atoms with Crippen LogP contribution in [0, 0.1) is 11.3 Å². The maximum atomic E-state index is 12.9. The third kappa shape index (κ3) is 2.63. The second-order valence-electron chi connectivity index (χ2n) is 7.07. The number of benzene rings is 1. The first-order valence-electron chi connectivity index (χ1n) is 8.40. The Kier molecular flexibility index (Phi) is 3.41. The molecule has 1 saturated heterocycles. The number of morpholine rings is 1. The van der Waals surface area contributed by atoms with Crippen LogP contribution < -0.4 is 5.73 Å². The fourth-order valence-corrected chi connectivity index (χ4v) is 3.53. The van der Waals surface area contributed by atoms with Gasteiger partial charge in [-0.2, -0.15) is 0 Å². The smallest absolute Gasteiger partial charge is 0.238 e. The van der Waals surface area contributed by atoms with E-state index in [1.165, 1.54) is 0 Å². The van der Waals surface area contributed by atoms with E-state index in [1.54, 1.807) is 0 Å². The molecule has 5 nitrogen and oxygen atoms in total. The van der Waals surface area contributed by atoms with Gasteiger partial charge in [0, 0.05) is 6.54 Å². The Morgan fingerprint density at radius 2 is 1.83 bits per heavy atom. The normalized spacial score (nSPS) is 29.1. The molecule has 0 bridgehead atoms. The van der Waals surface area contributed by atoms with E-state index >= 15 is 0 Å². The minimum absolute atomic E-state index is 0.0709. The van der Waals surface area contributed by atoms with Gasteiger partial charge in [0.25, 0.3) is 0 Å². The number of nitrogens with two attached hydrogens (primary N) is 1. The van der Waals surface area contributed by atoms with Crippen molar-refractivity contribution < 1.29 is 14.3 Å². The zero-order valence-electron chi connectivity index (χ0n) is 13.1. The summed E-state index contributed by atoms with van der Waals surface area (Å²) in [5.74, 6) is -0.0337. The summed E-state index contributed by atoms with van der Waals surface area (Å²) in [6.07, 6.45) is 3.44. The molecule has 0 unspecified atom stereocenters. The molecule has 1 aromatic carbocycles. The second kappa shape index (κ2) is 5.34. The number of hydrogen-bond donors (Lipinski definition) is 1. The minimum Gasteiger partial charge on any atom is -0.369 e. The van der Waals surface area contributed by atoms with Gasteiger partial charge in [-0.15, -0.1) is 0 Å². The standard InChI is InChI=1S/C18H22N2O3/c19-16(21)18(8-9-18)17(22)20-10-14(12-4-2-1-3-5-12)23-15(11-20)13-6-7-13/h1-5,13-15H,6-11H2,(H2,19,21)/t14-,15+/m0/s1. The molecule has 0 radical (unpaired) electrons. The summed E-state index contributed by atoms with van der Waals surface area (Å²) in [6.45, 7) is 1.09. The molecule has 122 valence electrons. The van der Waals surface area contributed by atoms with Gasteiger partial charge in [-0.05, 0) is 37.2 Å². The van der Waals surface area contributed by atoms with Gasteiger partial charge in [-0.1, -0.05) is 30.3 Å². The van der Waals surface area contributed by atoms with Gasteiger partial charge in [0.2, 0.25) is 11.8 Å². The Labute approximate surface area is 135 Å². The maximum Gasteiger partial charge on any atom is 0.238 e. The van der Waals surface area contributed by atoms with E-state index < -0.39 is 11.3 Å². The molecule has 2 saturated carbocycles. The Bertz CT molecular complexity index is 622. The third-order valence-electron chi connectivity index (χ3n) is 5.36. The van der Waals surface area contributed by atoms with Gasteiger partial charge < -0.3 is 15.4 Å². The van der Waals surface area contributed by atoms with E-state index in [1.807, 2.05) is 35.2 Å². The quantitative estimate of drug-likeness (QED) is 0.859. The number of carbonyl (C=O) groups is 2. The molecule has 1 aromatic rings. The number of ether oxygens (including phenoxy) is 1. The van der Waals surface area contributed by atoms with Gasteiger partial charge in [0.05, 0.1) is 12.6 Å². The number of rotatable bonds is 4. The molecule has 3 fully saturated rings. The molecule has 2 aliphatic carbocycles. The summed E-state index contributed by atoms with van der Waals surface area (Å²) in [4.78, 5) is 26.4. The summed E-state index contributed by atoms with van der Waals surface area (Å²) < 4.78 is 6.26. The van der Waals surface area contributed by atoms with Crippen LogP contribution in [0.5, 0.6) is 0 Å². The average Bonchev–Trinajstić information content (AvgIpc) is 3.47. The molecule has 23 heavy (non-hydrogen) atoms. The monoisotopic (exact) mass is 314 g/mol. The van der Waals surface area contributed by atoms with Crippen molar-refractivity contribution in [3.05, 3.63) is 35.9 Å². The summed E-state index contributed by atoms with van der Waals surface area (Å²) in [5, 5.41) is 0. The Hall–Kier alpha value is -1.88. The van der Waals surface area contributed by atoms with E-state index in [9.17, 15) is 9.59 Å². The molecule has 2 amide bonds. The number of nitrogens with zero attached hydrogens (tertiary/aromatic N) is 1. The zero-order chi connectivity index (χ0) is 16.0. The fourth-order valence-electron chi connectivity index (χ4n) is 3.53. The van der Waals surface area contributed by atoms with E-state index in [2.05, 4.69) is 0 Å². The highest BCUT2D eigenvalue weighted by Crippen LogP contribution is 2.48. The van der Waals surface area contributed by atoms with Crippen LogP contribution in [-0.2, 0) is 14.3 Å². The van der Waals surface area contributed by atoms with Crippen molar-refractivity contribution in [2.24, 2.45) is 17.1 Å². The van der Waals surface area contributed by atoms with E-state index in [0.29, 0.717) is 31.8 Å². The Morgan fingerprint density at radius 1 is 1.13 bits per heavy atom. The summed E-state index contributed by atoms with van der Waals surface area (Å²) >= 11 is 0. The van der Waals surface area contributed by atoms with Crippen LogP contribution in [0.3, 0.4) is 0 Å². The average molecular weight is 314 g/mol. The summed E-state index contributed by atoms with van der Waals surface area (Å²) in [5.41, 5.74) is 5.62. The first-order valence-corrected chi connectivity index (χ1v) is 8.40. The van der Waals surface area contributed by atoms with Crippen molar-refractivity contribution in [3.63, 3.8) is 0 Å². The maximum absolute atomic E-state index is 12.9. The minimum atomic E-state index is -0.938. The van der Waals surface area contributed by atoms with Crippen LogP contribution in [-0.4, -0.2) is 35.9 Å². The van der Waals surface area contributed by atoms with Crippen molar-refractivity contribution in [3.8, 4) is 0 Å². The Balaban J connectivity index is 1.57. The van der Waals surface area contributed by atoms with Crippen LogP contribution >= 0.6 is 0 Å². The molecule has 0 spiro atoms. The van der Waals surface area contributed by atoms with Crippen molar-refractivity contribution >= 4 is 11.8 Å². The topological polar surface area (TPSA) is 72.6 Å². The lowest BCUT2D eigenvalue weighted by atomic mass is 10.00. The lowest BCUT2D eigenvalue weighted by Crippen LogP contribution is -2.52. The molecule has 1 heterocycles. The number of hydrogen-bond acceptors (Lipinski definition) is 3. The Morgan fingerprint density at radius 3 is 2.39 bits per heavy atom. The predicted octanol–water partition coefficient (Wildman–Crippen LogP) is 1.63. The summed E-state index contributed by atoms with van der Waals surface area (Å²) in [6, 6.07) is 10.0. The van der Waals surface area contributed by atoms with Crippen molar-refractivity contribution in [1.82, 2.24) is 4.90 Å². The van der Waals surface area contributed by atoms with Crippen molar-refractivity contribution in [2.45, 2.75) is 37.9 Å². The molecule has 4 rings (SSSR count). The summed E-state index contributed by atoms with van der Waals surface area (Å²) in [7, 11) is 0. The van der Waals surface area contributed by atoms with Crippen LogP contribution in [0.2, 0.25) is 0 Å². The molecule has 2 N–H and O–H groups in total. The van der Waals surface area contributed by atoms with Crippen LogP contribution in [0.4, 0.5) is 0 Å². The van der Waals surface area contributed by atoms with Gasteiger partial charge in [-0.25, -0.2) is 0 Å². The molecule has 3 aliphatic rings. The van der Waals surface area contributed by atoms with Crippen LogP contribution in [0.1, 0.15) is 37.4 Å². The van der Waals surface area contributed by atoms with E-state index in [0.717, 1.165) is 18.4 Å². The highest BCUT2D eigenvalue weighted by Gasteiger charge is 2.58. The van der Waals surface area contributed by atoms with Crippen molar-refractivity contribution in [1.29, 1.82) is 0 Å². The molecular weight excluding hydrogens is 292 g/mol. The molecule has 1 aliphatic heterocycles. The van der Waals surface area contributed by atoms with Gasteiger partial charge in [0.1, 0.15) is 11.5 Å². The van der Waals surface area contributed by atoms with Gasteiger partial charge in [-0.3, -0.25) is 9.59 Å². The lowest BCUT2D eigenvalue weighted by molar-refractivity contribution is -0.156. The van der Waals surface area contributed by atoms with E-state index in [4.69, 9.17) is 10.5 Å². The molecule has 0 aromatic heterocycles. The second-order valence-corrected chi connectivity index (χ2v) is 7.07. The fraction of sp³-hybridized carbons (Fsp3) is 0.556. The predicted molar refractivity (Wildman–Crippen MR) is 84.2 cm³/mol. The first kappa shape index (κ1) is 14.7. The van der Waals surface area contributed by atoms with E-state index in [-0.39, 0.29) is 18.1 Å². The number of carbonyl (C=O) groups excluding carboxylic acids is 2. The largest absolute Gasteiger partial charge is 0.369 e. The zero-order valence-corrected chi connectivity index (χ0v) is 13.1. The SMILES string of the molecule is NC(=O)C1(C(=O)N2C[C@@H](c3ccccc3)O[C@@H](C3CC3)C2)CC1. The third-order valence-corrected chi connectivity index (χ3v) is 5.36. The van der Waals surface area contributed by atoms with Crippen LogP contribution in [0.15, 0.2) is 30.3 Å². The first-order chi connectivity index (χ1) is 11.1. The number of amides is 2. The van der Waals surface area contributed by atoms with Gasteiger partial charge >= 0.3 is 0 Å². The van der Waals surface area contributed by atoms with Gasteiger partial charge in [0.15, 0.2) is 0 Å². The molecular formula is C18H22N2O3. The molecule has 5 heteroatoms. The highest BCUT2D eigenvalue weighted by atomic mass is 16.5. The number of primary amides is 1. The van der Waals surface area contributed by atoms with Crippen molar-refractivity contribution in [2.75, 3.05) is 13.1 Å². The van der Waals surface area contributed by atoms with Crippen LogP contribution in [0.25, 0.3) is 0 Å².